The lowest BCUT2D eigenvalue weighted by Crippen LogP contribution is -2.53. The summed E-state index contributed by atoms with van der Waals surface area (Å²) in [4.78, 5) is 32.3. The average molecular weight is 407 g/mol. The van der Waals surface area contributed by atoms with E-state index in [1.54, 1.807) is 4.90 Å². The minimum absolute atomic E-state index is 0.0613. The summed E-state index contributed by atoms with van der Waals surface area (Å²) in [5, 5.41) is 9.29. The van der Waals surface area contributed by atoms with Gasteiger partial charge in [0, 0.05) is 31.6 Å². The SMILES string of the molecule is Cc1ccc2c(c1)CC[C@H]2N1C(=O)[C@H]2C[C@@H]1CN2C[C@H](C)C(=O)N1CCC[C@H]1C#N. The molecule has 30 heavy (non-hydrogen) atoms. The van der Waals surface area contributed by atoms with Crippen LogP contribution in [0, 0.1) is 24.2 Å². The molecule has 0 radical (unpaired) electrons. The average Bonchev–Trinajstić information content (AvgIpc) is 3.49. The quantitative estimate of drug-likeness (QED) is 0.770. The van der Waals surface area contributed by atoms with E-state index in [1.165, 1.54) is 16.7 Å². The van der Waals surface area contributed by atoms with Crippen LogP contribution in [-0.4, -0.2) is 64.3 Å². The Morgan fingerprint density at radius 3 is 2.90 bits per heavy atom. The van der Waals surface area contributed by atoms with Gasteiger partial charge in [0.15, 0.2) is 0 Å². The molecule has 5 rings (SSSR count). The highest BCUT2D eigenvalue weighted by Crippen LogP contribution is 2.44. The molecule has 3 heterocycles. The van der Waals surface area contributed by atoms with Gasteiger partial charge in [-0.25, -0.2) is 0 Å². The van der Waals surface area contributed by atoms with E-state index in [1.807, 2.05) is 6.92 Å². The molecular formula is C24H30N4O2. The van der Waals surface area contributed by atoms with E-state index in [0.29, 0.717) is 13.1 Å². The number of aryl methyl sites for hydroxylation is 2. The number of carbonyl (C=O) groups is 2. The first-order valence-electron chi connectivity index (χ1n) is 11.3. The molecule has 1 aromatic rings. The zero-order valence-electron chi connectivity index (χ0n) is 17.9. The van der Waals surface area contributed by atoms with Crippen molar-refractivity contribution in [3.63, 3.8) is 0 Å². The highest BCUT2D eigenvalue weighted by atomic mass is 16.2. The summed E-state index contributed by atoms with van der Waals surface area (Å²) in [7, 11) is 0. The standard InChI is InChI=1S/C24H30N4O2/c1-15-5-7-20-17(10-15)6-8-21(20)28-19-11-22(24(28)30)26(14-19)13-16(2)23(29)27-9-3-4-18(27)12-25/h5,7,10,16,18-19,21-22H,3-4,6,8-9,11,13-14H2,1-2H3/t16-,18-,19+,21+,22+/m0/s1. The minimum atomic E-state index is -0.279. The fraction of sp³-hybridized carbons (Fsp3) is 0.625. The summed E-state index contributed by atoms with van der Waals surface area (Å²) in [6, 6.07) is 8.98. The topological polar surface area (TPSA) is 67.7 Å². The van der Waals surface area contributed by atoms with Gasteiger partial charge in [-0.2, -0.15) is 5.26 Å². The highest BCUT2D eigenvalue weighted by molar-refractivity contribution is 5.86. The van der Waals surface area contributed by atoms with Crippen LogP contribution in [0.2, 0.25) is 0 Å². The lowest BCUT2D eigenvalue weighted by molar-refractivity contribution is -0.142. The summed E-state index contributed by atoms with van der Waals surface area (Å²) < 4.78 is 0. The van der Waals surface area contributed by atoms with E-state index >= 15 is 0 Å². The van der Waals surface area contributed by atoms with Crippen LogP contribution in [0.25, 0.3) is 0 Å². The van der Waals surface area contributed by atoms with Gasteiger partial charge in [-0.05, 0) is 50.2 Å². The lowest BCUT2D eigenvalue weighted by atomic mass is 10.0. The number of carbonyl (C=O) groups excluding carboxylic acids is 2. The first-order chi connectivity index (χ1) is 14.5. The molecule has 6 nitrogen and oxygen atoms in total. The molecule has 4 aliphatic rings. The molecule has 158 valence electrons. The number of rotatable bonds is 4. The Hall–Kier alpha value is -2.39. The number of nitrogens with zero attached hydrogens (tertiary/aromatic N) is 4. The Bertz CT molecular complexity index is 922. The van der Waals surface area contributed by atoms with Crippen LogP contribution in [0.4, 0.5) is 0 Å². The summed E-state index contributed by atoms with van der Waals surface area (Å²) in [6.45, 7) is 6.21. The van der Waals surface area contributed by atoms with Crippen molar-refractivity contribution in [1.29, 1.82) is 5.26 Å². The van der Waals surface area contributed by atoms with Crippen molar-refractivity contribution in [2.24, 2.45) is 5.92 Å². The Labute approximate surface area is 178 Å². The summed E-state index contributed by atoms with van der Waals surface area (Å²) in [5.74, 6) is 0.112. The van der Waals surface area contributed by atoms with Gasteiger partial charge in [-0.1, -0.05) is 30.7 Å². The minimum Gasteiger partial charge on any atom is -0.330 e. The Balaban J connectivity index is 1.25. The molecule has 0 unspecified atom stereocenters. The first kappa shape index (κ1) is 19.6. The van der Waals surface area contributed by atoms with Gasteiger partial charge in [0.1, 0.15) is 6.04 Å². The maximum absolute atomic E-state index is 13.3. The van der Waals surface area contributed by atoms with Gasteiger partial charge >= 0.3 is 0 Å². The van der Waals surface area contributed by atoms with Crippen molar-refractivity contribution in [1.82, 2.24) is 14.7 Å². The van der Waals surface area contributed by atoms with Crippen molar-refractivity contribution in [3.8, 4) is 6.07 Å². The molecule has 0 saturated carbocycles. The van der Waals surface area contributed by atoms with Gasteiger partial charge < -0.3 is 9.80 Å². The third kappa shape index (κ3) is 3.02. The van der Waals surface area contributed by atoms with Crippen molar-refractivity contribution in [3.05, 3.63) is 34.9 Å². The van der Waals surface area contributed by atoms with Gasteiger partial charge in [0.05, 0.1) is 18.2 Å². The van der Waals surface area contributed by atoms with Gasteiger partial charge in [-0.15, -0.1) is 0 Å². The van der Waals surface area contributed by atoms with Crippen LogP contribution in [-0.2, 0) is 16.0 Å². The third-order valence-corrected chi connectivity index (χ3v) is 7.61. The predicted octanol–water partition coefficient (Wildman–Crippen LogP) is 2.42. The maximum atomic E-state index is 13.3. The monoisotopic (exact) mass is 406 g/mol. The largest absolute Gasteiger partial charge is 0.330 e. The first-order valence-corrected chi connectivity index (χ1v) is 11.3. The zero-order valence-corrected chi connectivity index (χ0v) is 17.9. The molecule has 0 spiro atoms. The van der Waals surface area contributed by atoms with E-state index in [0.717, 1.165) is 38.6 Å². The van der Waals surface area contributed by atoms with E-state index in [9.17, 15) is 14.9 Å². The Kier molecular flexibility index (Phi) is 4.82. The molecule has 3 aliphatic heterocycles. The van der Waals surface area contributed by atoms with Crippen molar-refractivity contribution >= 4 is 11.8 Å². The summed E-state index contributed by atoms with van der Waals surface area (Å²) in [6.07, 6.45) is 4.63. The van der Waals surface area contributed by atoms with Gasteiger partial charge in [-0.3, -0.25) is 14.5 Å². The summed E-state index contributed by atoms with van der Waals surface area (Å²) >= 11 is 0. The molecule has 1 aromatic carbocycles. The maximum Gasteiger partial charge on any atom is 0.240 e. The number of likely N-dealkylation sites (tertiary alicyclic amines) is 3. The second kappa shape index (κ2) is 7.39. The summed E-state index contributed by atoms with van der Waals surface area (Å²) in [5.41, 5.74) is 4.00. The molecule has 2 amide bonds. The number of amides is 2. The molecule has 0 aromatic heterocycles. The van der Waals surface area contributed by atoms with Crippen LogP contribution >= 0.6 is 0 Å². The normalized spacial score (nSPS) is 31.3. The Morgan fingerprint density at radius 2 is 2.13 bits per heavy atom. The van der Waals surface area contributed by atoms with Gasteiger partial charge in [0.2, 0.25) is 11.8 Å². The molecule has 3 fully saturated rings. The fourth-order valence-electron chi connectivity index (χ4n) is 6.19. The molecule has 6 heteroatoms. The number of nitriles is 1. The molecule has 3 saturated heterocycles. The fourth-order valence-corrected chi connectivity index (χ4v) is 6.19. The molecule has 2 bridgehead atoms. The molecule has 5 atom stereocenters. The van der Waals surface area contributed by atoms with E-state index < -0.39 is 0 Å². The highest BCUT2D eigenvalue weighted by Gasteiger charge is 2.53. The number of hydrogen-bond acceptors (Lipinski definition) is 4. The van der Waals surface area contributed by atoms with Crippen LogP contribution in [0.3, 0.4) is 0 Å². The second-order valence-corrected chi connectivity index (χ2v) is 9.58. The second-order valence-electron chi connectivity index (χ2n) is 9.58. The van der Waals surface area contributed by atoms with Crippen molar-refractivity contribution < 1.29 is 9.59 Å². The lowest BCUT2D eigenvalue weighted by Gasteiger charge is -2.38. The van der Waals surface area contributed by atoms with Crippen LogP contribution in [0.5, 0.6) is 0 Å². The molecule has 0 N–H and O–H groups in total. The smallest absolute Gasteiger partial charge is 0.240 e. The van der Waals surface area contributed by atoms with E-state index in [4.69, 9.17) is 0 Å². The number of benzene rings is 1. The molecule has 1 aliphatic carbocycles. The predicted molar refractivity (Wildman–Crippen MR) is 112 cm³/mol. The van der Waals surface area contributed by atoms with Crippen LogP contribution in [0.1, 0.15) is 55.3 Å². The van der Waals surface area contributed by atoms with Gasteiger partial charge in [0.25, 0.3) is 0 Å². The number of fused-ring (bicyclic) bond motifs is 3. The third-order valence-electron chi connectivity index (χ3n) is 7.61. The van der Waals surface area contributed by atoms with Crippen LogP contribution in [0.15, 0.2) is 18.2 Å². The Morgan fingerprint density at radius 1 is 1.30 bits per heavy atom. The van der Waals surface area contributed by atoms with Crippen molar-refractivity contribution in [2.75, 3.05) is 19.6 Å². The van der Waals surface area contributed by atoms with Crippen LogP contribution < -0.4 is 0 Å². The molecular weight excluding hydrogens is 376 g/mol. The number of piperazine rings is 1. The van der Waals surface area contributed by atoms with E-state index in [2.05, 4.69) is 41.0 Å². The number of hydrogen-bond donors (Lipinski definition) is 0. The van der Waals surface area contributed by atoms with E-state index in [-0.39, 0.29) is 41.9 Å². The van der Waals surface area contributed by atoms with Crippen molar-refractivity contribution in [2.45, 2.75) is 70.1 Å². The zero-order chi connectivity index (χ0) is 21.0.